The Labute approximate surface area is 94.9 Å². The van der Waals surface area contributed by atoms with Crippen LogP contribution in [0.4, 0.5) is 0 Å². The van der Waals surface area contributed by atoms with Crippen molar-refractivity contribution in [3.05, 3.63) is 35.5 Å². The molecule has 2 aromatic heterocycles. The van der Waals surface area contributed by atoms with E-state index in [0.717, 1.165) is 34.9 Å². The first-order valence-electron chi connectivity index (χ1n) is 5.39. The Balaban J connectivity index is 2.40. The highest BCUT2D eigenvalue weighted by Gasteiger charge is 2.07. The molecule has 84 valence electrons. The molecule has 2 aromatic rings. The average Bonchev–Trinajstić information content (AvgIpc) is 2.59. The molecule has 4 nitrogen and oxygen atoms in total. The van der Waals surface area contributed by atoms with Gasteiger partial charge >= 0.3 is 0 Å². The first-order chi connectivity index (χ1) is 7.70. The molecule has 0 bridgehead atoms. The van der Waals surface area contributed by atoms with Gasteiger partial charge in [0, 0.05) is 29.6 Å². The van der Waals surface area contributed by atoms with Crippen LogP contribution in [0.1, 0.15) is 17.2 Å². The van der Waals surface area contributed by atoms with Crippen LogP contribution >= 0.6 is 0 Å². The van der Waals surface area contributed by atoms with Crippen LogP contribution in [0.2, 0.25) is 0 Å². The fourth-order valence-electron chi connectivity index (χ4n) is 1.80. The van der Waals surface area contributed by atoms with Crippen LogP contribution in [-0.4, -0.2) is 21.5 Å². The maximum atomic E-state index is 5.52. The standard InChI is InChI=1S/C12H16N4/c1-8-12(16-9(2)15-8)10-4-6-14-11(7-10)3-5-13/h4,6-7H,3,5,13H2,1-2H3,(H,15,16). The molecule has 0 saturated heterocycles. The van der Waals surface area contributed by atoms with Gasteiger partial charge in [-0.1, -0.05) is 0 Å². The third-order valence-electron chi connectivity index (χ3n) is 2.49. The summed E-state index contributed by atoms with van der Waals surface area (Å²) in [5, 5.41) is 0. The van der Waals surface area contributed by atoms with Crippen LogP contribution in [0.25, 0.3) is 11.3 Å². The first kappa shape index (κ1) is 10.8. The van der Waals surface area contributed by atoms with Crippen molar-refractivity contribution in [3.8, 4) is 11.3 Å². The van der Waals surface area contributed by atoms with Crippen LogP contribution in [0.5, 0.6) is 0 Å². The van der Waals surface area contributed by atoms with Gasteiger partial charge in [0.1, 0.15) is 5.82 Å². The van der Waals surface area contributed by atoms with E-state index in [1.54, 1.807) is 0 Å². The molecule has 0 amide bonds. The largest absolute Gasteiger partial charge is 0.346 e. The predicted molar refractivity (Wildman–Crippen MR) is 64.1 cm³/mol. The molecular formula is C12H16N4. The minimum atomic E-state index is 0.620. The molecule has 0 atom stereocenters. The summed E-state index contributed by atoms with van der Waals surface area (Å²) in [7, 11) is 0. The van der Waals surface area contributed by atoms with Crippen LogP contribution in [0, 0.1) is 13.8 Å². The predicted octanol–water partition coefficient (Wildman–Crippen LogP) is 1.59. The summed E-state index contributed by atoms with van der Waals surface area (Å²) in [6, 6.07) is 4.03. The van der Waals surface area contributed by atoms with E-state index in [1.807, 2.05) is 26.1 Å². The zero-order valence-electron chi connectivity index (χ0n) is 9.62. The van der Waals surface area contributed by atoms with Gasteiger partial charge in [-0.2, -0.15) is 0 Å². The molecule has 0 unspecified atom stereocenters. The Bertz CT molecular complexity index is 488. The van der Waals surface area contributed by atoms with E-state index < -0.39 is 0 Å². The number of nitrogens with zero attached hydrogens (tertiary/aromatic N) is 2. The highest BCUT2D eigenvalue weighted by Crippen LogP contribution is 2.21. The van der Waals surface area contributed by atoms with Gasteiger partial charge in [0.25, 0.3) is 0 Å². The molecule has 3 N–H and O–H groups in total. The normalized spacial score (nSPS) is 10.7. The highest BCUT2D eigenvalue weighted by atomic mass is 14.9. The molecule has 16 heavy (non-hydrogen) atoms. The van der Waals surface area contributed by atoms with E-state index in [4.69, 9.17) is 5.73 Å². The van der Waals surface area contributed by atoms with Crippen LogP contribution in [-0.2, 0) is 6.42 Å². The number of H-pyrrole nitrogens is 1. The average molecular weight is 216 g/mol. The van der Waals surface area contributed by atoms with Gasteiger partial charge in [-0.3, -0.25) is 4.98 Å². The summed E-state index contributed by atoms with van der Waals surface area (Å²) in [5.74, 6) is 0.935. The molecule has 0 saturated carbocycles. The van der Waals surface area contributed by atoms with Crippen molar-refractivity contribution in [3.63, 3.8) is 0 Å². The number of imidazole rings is 1. The zero-order chi connectivity index (χ0) is 11.5. The Kier molecular flexibility index (Phi) is 3.01. The number of rotatable bonds is 3. The summed E-state index contributed by atoms with van der Waals surface area (Å²) in [6.07, 6.45) is 2.61. The van der Waals surface area contributed by atoms with E-state index in [0.29, 0.717) is 6.54 Å². The van der Waals surface area contributed by atoms with Crippen molar-refractivity contribution in [2.45, 2.75) is 20.3 Å². The van der Waals surface area contributed by atoms with Crippen molar-refractivity contribution in [1.82, 2.24) is 15.0 Å². The SMILES string of the molecule is Cc1nc(-c2ccnc(CCN)c2)c(C)[nH]1. The van der Waals surface area contributed by atoms with Gasteiger partial charge in [-0.05, 0) is 32.5 Å². The maximum absolute atomic E-state index is 5.52. The van der Waals surface area contributed by atoms with Crippen LogP contribution in [0.15, 0.2) is 18.3 Å². The van der Waals surface area contributed by atoms with Gasteiger partial charge in [0.2, 0.25) is 0 Å². The second-order valence-corrected chi connectivity index (χ2v) is 3.87. The smallest absolute Gasteiger partial charge is 0.103 e. The van der Waals surface area contributed by atoms with Crippen molar-refractivity contribution in [2.75, 3.05) is 6.54 Å². The highest BCUT2D eigenvalue weighted by molar-refractivity contribution is 5.61. The van der Waals surface area contributed by atoms with Gasteiger partial charge in [0.05, 0.1) is 5.69 Å². The zero-order valence-corrected chi connectivity index (χ0v) is 9.62. The summed E-state index contributed by atoms with van der Waals surface area (Å²) in [5.41, 5.74) is 9.72. The lowest BCUT2D eigenvalue weighted by atomic mass is 10.1. The van der Waals surface area contributed by atoms with Crippen molar-refractivity contribution < 1.29 is 0 Å². The third-order valence-corrected chi connectivity index (χ3v) is 2.49. The molecule has 0 aromatic carbocycles. The van der Waals surface area contributed by atoms with E-state index in [2.05, 4.69) is 21.0 Å². The van der Waals surface area contributed by atoms with Crippen LogP contribution < -0.4 is 5.73 Å². The lowest BCUT2D eigenvalue weighted by molar-refractivity contribution is 0.923. The Hall–Kier alpha value is -1.68. The van der Waals surface area contributed by atoms with Crippen molar-refractivity contribution in [2.24, 2.45) is 5.73 Å². The summed E-state index contributed by atoms with van der Waals surface area (Å²) >= 11 is 0. The Morgan fingerprint density at radius 1 is 1.38 bits per heavy atom. The number of hydrogen-bond donors (Lipinski definition) is 2. The number of hydrogen-bond acceptors (Lipinski definition) is 3. The Morgan fingerprint density at radius 3 is 2.81 bits per heavy atom. The number of pyridine rings is 1. The van der Waals surface area contributed by atoms with Crippen molar-refractivity contribution >= 4 is 0 Å². The van der Waals surface area contributed by atoms with E-state index >= 15 is 0 Å². The fourth-order valence-corrected chi connectivity index (χ4v) is 1.80. The molecule has 0 aliphatic carbocycles. The molecule has 0 fully saturated rings. The van der Waals surface area contributed by atoms with Gasteiger partial charge < -0.3 is 10.7 Å². The molecule has 0 aliphatic heterocycles. The monoisotopic (exact) mass is 216 g/mol. The molecule has 4 heteroatoms. The first-order valence-corrected chi connectivity index (χ1v) is 5.39. The quantitative estimate of drug-likeness (QED) is 0.818. The second-order valence-electron chi connectivity index (χ2n) is 3.87. The van der Waals surface area contributed by atoms with Gasteiger partial charge in [0.15, 0.2) is 0 Å². The number of nitrogens with one attached hydrogen (secondary N) is 1. The molecule has 2 heterocycles. The minimum absolute atomic E-state index is 0.620. The maximum Gasteiger partial charge on any atom is 0.103 e. The van der Waals surface area contributed by atoms with E-state index in [9.17, 15) is 0 Å². The molecule has 2 rings (SSSR count). The number of aromatic nitrogens is 3. The number of aryl methyl sites for hydroxylation is 2. The van der Waals surface area contributed by atoms with Crippen LogP contribution in [0.3, 0.4) is 0 Å². The minimum Gasteiger partial charge on any atom is -0.346 e. The summed E-state index contributed by atoms with van der Waals surface area (Å²) in [4.78, 5) is 11.9. The molecule has 0 aliphatic rings. The van der Waals surface area contributed by atoms with Crippen molar-refractivity contribution in [1.29, 1.82) is 0 Å². The van der Waals surface area contributed by atoms with E-state index in [-0.39, 0.29) is 0 Å². The lowest BCUT2D eigenvalue weighted by Crippen LogP contribution is -2.04. The summed E-state index contributed by atoms with van der Waals surface area (Å²) in [6.45, 7) is 4.60. The second kappa shape index (κ2) is 4.45. The van der Waals surface area contributed by atoms with E-state index in [1.165, 1.54) is 0 Å². The summed E-state index contributed by atoms with van der Waals surface area (Å²) < 4.78 is 0. The molecule has 0 radical (unpaired) electrons. The van der Waals surface area contributed by atoms with Gasteiger partial charge in [-0.25, -0.2) is 4.98 Å². The number of aromatic amines is 1. The number of nitrogens with two attached hydrogens (primary N) is 1. The third kappa shape index (κ3) is 2.12. The molecular weight excluding hydrogens is 200 g/mol. The molecule has 0 spiro atoms. The Morgan fingerprint density at radius 2 is 2.19 bits per heavy atom. The topological polar surface area (TPSA) is 67.6 Å². The van der Waals surface area contributed by atoms with Gasteiger partial charge in [-0.15, -0.1) is 0 Å². The lowest BCUT2D eigenvalue weighted by Gasteiger charge is -2.02. The fraction of sp³-hybridized carbons (Fsp3) is 0.333.